The maximum absolute atomic E-state index is 3.12. The van der Waals surface area contributed by atoms with Gasteiger partial charge in [-0.15, -0.1) is 0 Å². The van der Waals surface area contributed by atoms with Gasteiger partial charge in [0, 0.05) is 0 Å². The van der Waals surface area contributed by atoms with Gasteiger partial charge in [0.25, 0.3) is 0 Å². The minimum absolute atomic E-state index is 0.165. The summed E-state index contributed by atoms with van der Waals surface area (Å²) >= 11 is -3.12. The van der Waals surface area contributed by atoms with Crippen LogP contribution in [0.2, 0.25) is 21.4 Å². The molecule has 4 aromatic rings. The minimum atomic E-state index is -3.12. The molecule has 4 aromatic carbocycles. The van der Waals surface area contributed by atoms with Gasteiger partial charge in [0.15, 0.2) is 0 Å². The van der Waals surface area contributed by atoms with Crippen molar-refractivity contribution in [1.29, 1.82) is 0 Å². The van der Waals surface area contributed by atoms with Crippen LogP contribution in [0.25, 0.3) is 34.4 Å². The molecule has 0 aromatic heterocycles. The van der Waals surface area contributed by atoms with E-state index >= 15 is 0 Å². The number of hydrogen-bond acceptors (Lipinski definition) is 0. The molecule has 4 aliphatic rings. The van der Waals surface area contributed by atoms with Crippen molar-refractivity contribution in [3.05, 3.63) is 129 Å². The van der Waals surface area contributed by atoms with E-state index in [1.54, 1.807) is 22.3 Å². The van der Waals surface area contributed by atoms with E-state index in [9.17, 15) is 0 Å². The molecule has 252 valence electrons. The number of allylic oxidation sites excluding steroid dienone is 2. The number of benzene rings is 4. The van der Waals surface area contributed by atoms with Gasteiger partial charge in [-0.05, 0) is 0 Å². The van der Waals surface area contributed by atoms with Crippen LogP contribution in [0, 0.1) is 0 Å². The molecule has 0 radical (unpaired) electrons. The summed E-state index contributed by atoms with van der Waals surface area (Å²) in [4.78, 5) is 0. The van der Waals surface area contributed by atoms with Gasteiger partial charge in [-0.2, -0.15) is 0 Å². The molecule has 0 N–H and O–H groups in total. The predicted molar refractivity (Wildman–Crippen MR) is 213 cm³/mol. The predicted octanol–water partition coefficient (Wildman–Crippen LogP) is 13.9. The first-order valence-corrected chi connectivity index (χ1v) is 33.0. The molecular weight excluding hydrogens is 771 g/mol. The van der Waals surface area contributed by atoms with Gasteiger partial charge in [0.2, 0.25) is 0 Å². The van der Waals surface area contributed by atoms with E-state index in [0.29, 0.717) is 7.35 Å². The topological polar surface area (TPSA) is 0 Å². The quantitative estimate of drug-likeness (QED) is 0.181. The molecule has 1 saturated carbocycles. The van der Waals surface area contributed by atoms with Crippen molar-refractivity contribution < 1.29 is 20.0 Å². The van der Waals surface area contributed by atoms with Crippen LogP contribution in [-0.4, -0.2) is 8.07 Å². The summed E-state index contributed by atoms with van der Waals surface area (Å²) in [6.07, 6.45) is 12.7. The Balaban J connectivity index is 1.31. The molecule has 1 aliphatic heterocycles. The Kier molecular flexibility index (Phi) is 8.05. The van der Waals surface area contributed by atoms with E-state index in [-0.39, 0.29) is 10.8 Å². The second-order valence-corrected chi connectivity index (χ2v) is 40.3. The van der Waals surface area contributed by atoms with E-state index in [4.69, 9.17) is 0 Å². The van der Waals surface area contributed by atoms with Crippen LogP contribution in [0.1, 0.15) is 114 Å². The van der Waals surface area contributed by atoms with E-state index in [1.165, 1.54) is 65.5 Å². The number of rotatable bonds is 3. The van der Waals surface area contributed by atoms with Crippen molar-refractivity contribution in [3.63, 3.8) is 0 Å². The Morgan fingerprint density at radius 3 is 1.35 bits per heavy atom. The summed E-state index contributed by atoms with van der Waals surface area (Å²) in [5, 5.41) is 3.84. The fraction of sp³-hybridized carbons (Fsp3) is 0.404. The van der Waals surface area contributed by atoms with Crippen LogP contribution in [0.5, 0.6) is 0 Å². The van der Waals surface area contributed by atoms with Crippen molar-refractivity contribution >= 4 is 20.2 Å². The molecule has 2 unspecified atom stereocenters. The molecule has 1 saturated heterocycles. The fourth-order valence-corrected chi connectivity index (χ4v) is 43.5. The van der Waals surface area contributed by atoms with Crippen molar-refractivity contribution in [2.24, 2.45) is 0 Å². The Labute approximate surface area is 302 Å². The van der Waals surface area contributed by atoms with Gasteiger partial charge < -0.3 is 0 Å². The van der Waals surface area contributed by atoms with Crippen molar-refractivity contribution in [1.82, 2.24) is 0 Å². The average Bonchev–Trinajstić information content (AvgIpc) is 3.69. The normalized spacial score (nSPS) is 24.4. The van der Waals surface area contributed by atoms with Gasteiger partial charge >= 0.3 is 304 Å². The van der Waals surface area contributed by atoms with Crippen molar-refractivity contribution in [3.8, 4) is 22.3 Å². The first kappa shape index (κ1) is 33.6. The first-order valence-electron chi connectivity index (χ1n) is 19.1. The molecule has 2 atom stereocenters. The van der Waals surface area contributed by atoms with Crippen molar-refractivity contribution in [2.75, 3.05) is 0 Å². The summed E-state index contributed by atoms with van der Waals surface area (Å²) < 4.78 is 7.02. The SMILES string of the molecule is CC(C)(C)c1ccc(-c2cccc3c2C=C2[CH]3[Hf]([CH3])([CH3])[CH]3C(=Cc4c(-c5ccc(C(C)(C)C)cc5)cccc43)[Si]2(C)C2CCCCC2)cc1. The van der Waals surface area contributed by atoms with E-state index in [1.807, 2.05) is 10.4 Å². The summed E-state index contributed by atoms with van der Waals surface area (Å²) in [7, 11) is -2.02. The zero-order valence-electron chi connectivity index (χ0n) is 31.5. The maximum atomic E-state index is 2.84. The molecule has 0 nitrogen and oxygen atoms in total. The van der Waals surface area contributed by atoms with Gasteiger partial charge in [0.1, 0.15) is 0 Å². The molecule has 2 heteroatoms. The summed E-state index contributed by atoms with van der Waals surface area (Å²) in [6.45, 7) is 16.8. The fourth-order valence-electron chi connectivity index (χ4n) is 10.6. The molecule has 0 amide bonds. The molecule has 2 fully saturated rings. The monoisotopic (exact) mass is 828 g/mol. The Hall–Kier alpha value is -2.55. The number of hydrogen-bond donors (Lipinski definition) is 0. The van der Waals surface area contributed by atoms with E-state index in [2.05, 4.69) is 155 Å². The van der Waals surface area contributed by atoms with E-state index < -0.39 is 28.0 Å². The molecule has 8 rings (SSSR count). The van der Waals surface area contributed by atoms with Gasteiger partial charge in [-0.25, -0.2) is 0 Å². The second kappa shape index (κ2) is 11.7. The Morgan fingerprint density at radius 2 is 0.959 bits per heavy atom. The van der Waals surface area contributed by atoms with Crippen LogP contribution >= 0.6 is 0 Å². The molecule has 3 aliphatic carbocycles. The van der Waals surface area contributed by atoms with Crippen molar-refractivity contribution in [2.45, 2.75) is 113 Å². The third kappa shape index (κ3) is 5.28. The second-order valence-electron chi connectivity index (χ2n) is 18.7. The average molecular weight is 828 g/mol. The zero-order valence-corrected chi connectivity index (χ0v) is 36.1. The van der Waals surface area contributed by atoms with Crippen LogP contribution in [-0.2, 0) is 30.8 Å². The van der Waals surface area contributed by atoms with Gasteiger partial charge in [-0.1, -0.05) is 0 Å². The van der Waals surface area contributed by atoms with Gasteiger partial charge in [0.05, 0.1) is 0 Å². The van der Waals surface area contributed by atoms with Crippen LogP contribution in [0.15, 0.2) is 95.3 Å². The Morgan fingerprint density at radius 1 is 0.551 bits per heavy atom. The molecule has 0 bridgehead atoms. The standard InChI is InChI=1S/C45H50Si.2CH3.Hf/c1-44(2,3)35-23-19-31(20-24-35)40-17-11-13-33-27-38(29-42(33)40)46(7,37-15-9-8-10-16-37)39-28-34-14-12-18-41(43(34)30-39)32-21-25-36(26-22-32)45(4,5)6;;;/h11-14,17-30,37H,8-10,15-16H2,1-7H3;2*1H3;. The molecular formula is C47H56HfSi. The number of fused-ring (bicyclic) bond motifs is 6. The first-order chi connectivity index (χ1) is 23.2. The van der Waals surface area contributed by atoms with Crippen LogP contribution in [0.3, 0.4) is 0 Å². The summed E-state index contributed by atoms with van der Waals surface area (Å²) in [5.74, 6) is 0. The zero-order chi connectivity index (χ0) is 34.5. The van der Waals surface area contributed by atoms with Gasteiger partial charge in [-0.3, -0.25) is 0 Å². The van der Waals surface area contributed by atoms with E-state index in [0.717, 1.165) is 5.54 Å². The molecule has 1 heterocycles. The summed E-state index contributed by atoms with van der Waals surface area (Å²) in [6, 6.07) is 33.8. The summed E-state index contributed by atoms with van der Waals surface area (Å²) in [5.41, 5.74) is 16.1. The molecule has 0 spiro atoms. The Bertz CT molecular complexity index is 1850. The molecule has 49 heavy (non-hydrogen) atoms. The van der Waals surface area contributed by atoms with Crippen LogP contribution < -0.4 is 0 Å². The third-order valence-corrected chi connectivity index (χ3v) is 36.1. The third-order valence-electron chi connectivity index (χ3n) is 13.4. The van der Waals surface area contributed by atoms with Crippen LogP contribution in [0.4, 0.5) is 0 Å².